The Morgan fingerprint density at radius 3 is 2.96 bits per heavy atom. The van der Waals surface area contributed by atoms with E-state index < -0.39 is 5.97 Å². The van der Waals surface area contributed by atoms with Gasteiger partial charge in [0.25, 0.3) is 0 Å². The molecule has 1 aliphatic heterocycles. The number of hydrogen-bond donors (Lipinski definition) is 3. The summed E-state index contributed by atoms with van der Waals surface area (Å²) in [5.74, 6) is 0.357. The standard InChI is InChI=1S/C15H17N5O3S/c1-4-8-5-9(15(22)23-3)14(24-8)20-12-10-11(16-6-17-12)18-7(2)13(21)19-10/h5-7H,4H2,1-3H3,(H,19,21)(H2,16,17,18,20). The maximum absolute atomic E-state index is 12.0. The summed E-state index contributed by atoms with van der Waals surface area (Å²) < 4.78 is 4.83. The van der Waals surface area contributed by atoms with Gasteiger partial charge in [0.2, 0.25) is 5.91 Å². The largest absolute Gasteiger partial charge is 0.465 e. The minimum atomic E-state index is -0.424. The molecule has 0 saturated carbocycles. The van der Waals surface area contributed by atoms with Gasteiger partial charge in [0, 0.05) is 4.88 Å². The van der Waals surface area contributed by atoms with E-state index in [4.69, 9.17) is 4.74 Å². The second kappa shape index (κ2) is 6.44. The van der Waals surface area contributed by atoms with Crippen molar-refractivity contribution in [3.05, 3.63) is 22.8 Å². The highest BCUT2D eigenvalue weighted by molar-refractivity contribution is 7.16. The summed E-state index contributed by atoms with van der Waals surface area (Å²) in [5.41, 5.74) is 0.901. The smallest absolute Gasteiger partial charge is 0.340 e. The van der Waals surface area contributed by atoms with Gasteiger partial charge in [-0.2, -0.15) is 0 Å². The van der Waals surface area contributed by atoms with Gasteiger partial charge in [0.05, 0.1) is 12.7 Å². The third-order valence-electron chi connectivity index (χ3n) is 3.61. The molecule has 0 bridgehead atoms. The fraction of sp³-hybridized carbons (Fsp3) is 0.333. The van der Waals surface area contributed by atoms with E-state index in [0.717, 1.165) is 11.3 Å². The summed E-state index contributed by atoms with van der Waals surface area (Å²) in [5, 5.41) is 9.53. The van der Waals surface area contributed by atoms with Gasteiger partial charge in [-0.3, -0.25) is 4.79 Å². The quantitative estimate of drug-likeness (QED) is 0.729. The Kier molecular flexibility index (Phi) is 4.34. The molecule has 0 fully saturated rings. The van der Waals surface area contributed by atoms with Crippen LogP contribution in [0.25, 0.3) is 0 Å². The topological polar surface area (TPSA) is 105 Å². The van der Waals surface area contributed by atoms with Crippen molar-refractivity contribution in [3.8, 4) is 0 Å². The first kappa shape index (κ1) is 16.2. The van der Waals surface area contributed by atoms with Crippen molar-refractivity contribution >= 4 is 45.5 Å². The number of methoxy groups -OCH3 is 1. The number of amides is 1. The summed E-state index contributed by atoms with van der Waals surface area (Å²) in [6.45, 7) is 3.75. The van der Waals surface area contributed by atoms with E-state index in [2.05, 4.69) is 25.9 Å². The van der Waals surface area contributed by atoms with E-state index in [0.29, 0.717) is 27.9 Å². The maximum Gasteiger partial charge on any atom is 0.340 e. The minimum Gasteiger partial charge on any atom is -0.465 e. The van der Waals surface area contributed by atoms with Gasteiger partial charge in [0.1, 0.15) is 23.1 Å². The van der Waals surface area contributed by atoms with E-state index in [1.54, 1.807) is 13.0 Å². The number of nitrogens with zero attached hydrogens (tertiary/aromatic N) is 2. The highest BCUT2D eigenvalue weighted by Crippen LogP contribution is 2.36. The Labute approximate surface area is 142 Å². The second-order valence-corrected chi connectivity index (χ2v) is 6.36. The zero-order valence-electron chi connectivity index (χ0n) is 13.5. The molecule has 0 radical (unpaired) electrons. The molecule has 3 N–H and O–H groups in total. The molecule has 0 aliphatic carbocycles. The second-order valence-electron chi connectivity index (χ2n) is 5.23. The molecule has 24 heavy (non-hydrogen) atoms. The lowest BCUT2D eigenvalue weighted by Crippen LogP contribution is -2.37. The fourth-order valence-corrected chi connectivity index (χ4v) is 3.27. The number of aryl methyl sites for hydroxylation is 1. The molecule has 1 aliphatic rings. The molecule has 1 amide bonds. The third-order valence-corrected chi connectivity index (χ3v) is 4.81. The predicted octanol–water partition coefficient (Wildman–Crippen LogP) is 2.38. The Hall–Kier alpha value is -2.68. The van der Waals surface area contributed by atoms with Gasteiger partial charge in [-0.05, 0) is 19.4 Å². The molecule has 1 atom stereocenters. The van der Waals surface area contributed by atoms with Gasteiger partial charge in [-0.1, -0.05) is 6.92 Å². The van der Waals surface area contributed by atoms with E-state index in [9.17, 15) is 9.59 Å². The molecule has 0 aromatic carbocycles. The van der Waals surface area contributed by atoms with Crippen LogP contribution in [0.15, 0.2) is 12.4 Å². The predicted molar refractivity (Wildman–Crippen MR) is 92.1 cm³/mol. The molecule has 2 aromatic rings. The number of aromatic nitrogens is 2. The van der Waals surface area contributed by atoms with Gasteiger partial charge in [-0.15, -0.1) is 11.3 Å². The number of fused-ring (bicyclic) bond motifs is 1. The monoisotopic (exact) mass is 347 g/mol. The lowest BCUT2D eigenvalue weighted by atomic mass is 10.2. The van der Waals surface area contributed by atoms with Crippen molar-refractivity contribution < 1.29 is 14.3 Å². The zero-order chi connectivity index (χ0) is 17.3. The van der Waals surface area contributed by atoms with Crippen LogP contribution in [0.1, 0.15) is 29.1 Å². The minimum absolute atomic E-state index is 0.172. The highest BCUT2D eigenvalue weighted by Gasteiger charge is 2.26. The van der Waals surface area contributed by atoms with Crippen LogP contribution in [0.4, 0.5) is 22.3 Å². The van der Waals surface area contributed by atoms with E-state index in [-0.39, 0.29) is 11.9 Å². The number of hydrogen-bond acceptors (Lipinski definition) is 8. The Morgan fingerprint density at radius 2 is 2.25 bits per heavy atom. The lowest BCUT2D eigenvalue weighted by Gasteiger charge is -2.24. The number of esters is 1. The van der Waals surface area contributed by atoms with Crippen LogP contribution in [0.3, 0.4) is 0 Å². The molecule has 2 aromatic heterocycles. The Bertz CT molecular complexity index is 804. The number of anilines is 4. The SMILES string of the molecule is CCc1cc(C(=O)OC)c(Nc2ncnc3c2NC(=O)C(C)N3)s1. The molecule has 0 saturated heterocycles. The van der Waals surface area contributed by atoms with Crippen LogP contribution in [-0.2, 0) is 16.0 Å². The summed E-state index contributed by atoms with van der Waals surface area (Å²) in [6.07, 6.45) is 2.19. The van der Waals surface area contributed by atoms with Gasteiger partial charge >= 0.3 is 5.97 Å². The van der Waals surface area contributed by atoms with Crippen LogP contribution in [0.2, 0.25) is 0 Å². The fourth-order valence-electron chi connectivity index (χ4n) is 2.29. The molecular formula is C15H17N5O3S. The average molecular weight is 347 g/mol. The van der Waals surface area contributed by atoms with E-state index >= 15 is 0 Å². The molecular weight excluding hydrogens is 330 g/mol. The van der Waals surface area contributed by atoms with Crippen LogP contribution >= 0.6 is 11.3 Å². The molecule has 1 unspecified atom stereocenters. The molecule has 3 heterocycles. The summed E-state index contributed by atoms with van der Waals surface area (Å²) in [7, 11) is 1.34. The van der Waals surface area contributed by atoms with Crippen molar-refractivity contribution in [1.29, 1.82) is 0 Å². The summed E-state index contributed by atoms with van der Waals surface area (Å²) >= 11 is 1.44. The summed E-state index contributed by atoms with van der Waals surface area (Å²) in [6, 6.07) is 1.42. The highest BCUT2D eigenvalue weighted by atomic mass is 32.1. The number of thiophene rings is 1. The van der Waals surface area contributed by atoms with Crippen molar-refractivity contribution in [1.82, 2.24) is 9.97 Å². The van der Waals surface area contributed by atoms with Crippen LogP contribution in [0.5, 0.6) is 0 Å². The van der Waals surface area contributed by atoms with Gasteiger partial charge in [-0.25, -0.2) is 14.8 Å². The number of ether oxygens (including phenoxy) is 1. The lowest BCUT2D eigenvalue weighted by molar-refractivity contribution is -0.116. The van der Waals surface area contributed by atoms with Crippen molar-refractivity contribution in [3.63, 3.8) is 0 Å². The van der Waals surface area contributed by atoms with Crippen LogP contribution in [-0.4, -0.2) is 35.0 Å². The van der Waals surface area contributed by atoms with Gasteiger partial charge in [0.15, 0.2) is 11.6 Å². The normalized spacial score (nSPS) is 16.0. The zero-order valence-corrected chi connectivity index (χ0v) is 14.3. The van der Waals surface area contributed by atoms with Crippen LogP contribution < -0.4 is 16.0 Å². The van der Waals surface area contributed by atoms with Crippen molar-refractivity contribution in [2.75, 3.05) is 23.1 Å². The first-order valence-corrected chi connectivity index (χ1v) is 8.25. The van der Waals surface area contributed by atoms with Crippen molar-refractivity contribution in [2.45, 2.75) is 26.3 Å². The Morgan fingerprint density at radius 1 is 1.46 bits per heavy atom. The number of nitrogens with one attached hydrogen (secondary N) is 3. The Balaban J connectivity index is 1.98. The molecule has 9 heteroatoms. The number of carbonyl (C=O) groups excluding carboxylic acids is 2. The molecule has 0 spiro atoms. The first-order chi connectivity index (χ1) is 11.5. The number of carbonyl (C=O) groups is 2. The van der Waals surface area contributed by atoms with E-state index in [1.165, 1.54) is 24.8 Å². The number of rotatable bonds is 4. The van der Waals surface area contributed by atoms with Crippen LogP contribution in [0, 0.1) is 0 Å². The van der Waals surface area contributed by atoms with Crippen molar-refractivity contribution in [2.24, 2.45) is 0 Å². The molecule has 3 rings (SSSR count). The molecule has 126 valence electrons. The third kappa shape index (κ3) is 2.90. The maximum atomic E-state index is 12.0. The summed E-state index contributed by atoms with van der Waals surface area (Å²) in [4.78, 5) is 33.2. The van der Waals surface area contributed by atoms with E-state index in [1.807, 2.05) is 6.92 Å². The van der Waals surface area contributed by atoms with Gasteiger partial charge < -0.3 is 20.7 Å². The molecule has 8 nitrogen and oxygen atoms in total. The average Bonchev–Trinajstić information content (AvgIpc) is 2.99. The first-order valence-electron chi connectivity index (χ1n) is 7.44.